The Hall–Kier alpha value is -2.97. The zero-order valence-corrected chi connectivity index (χ0v) is 13.4. The molecule has 3 aromatic rings. The van der Waals surface area contributed by atoms with Gasteiger partial charge in [-0.2, -0.15) is 5.26 Å². The third kappa shape index (κ3) is 3.19. The smallest absolute Gasteiger partial charge is 0.147 e. The van der Waals surface area contributed by atoms with Crippen molar-refractivity contribution in [2.45, 2.75) is 6.92 Å². The Morgan fingerprint density at radius 2 is 2.17 bits per heavy atom. The second-order valence-corrected chi connectivity index (χ2v) is 5.55. The van der Waals surface area contributed by atoms with Crippen molar-refractivity contribution in [3.05, 3.63) is 64.7 Å². The molecule has 2 aromatic carbocycles. The zero-order valence-electron chi connectivity index (χ0n) is 13.6. The van der Waals surface area contributed by atoms with E-state index in [-0.39, 0.29) is 12.0 Å². The molecule has 0 atom stereocenters. The second-order valence-electron chi connectivity index (χ2n) is 5.12. The molecule has 0 saturated heterocycles. The largest absolute Gasteiger partial charge is 0.337 e. The summed E-state index contributed by atoms with van der Waals surface area (Å²) in [6, 6.07) is 9.98. The fourth-order valence-corrected chi connectivity index (χ4v) is 2.53. The predicted octanol–water partition coefficient (Wildman–Crippen LogP) is 5.01. The molecule has 4 nitrogen and oxygen atoms in total. The number of rotatable bonds is 3. The van der Waals surface area contributed by atoms with Gasteiger partial charge in [0.2, 0.25) is 0 Å². The van der Waals surface area contributed by atoms with E-state index in [1.807, 2.05) is 6.07 Å². The molecule has 118 valence electrons. The van der Waals surface area contributed by atoms with Crippen molar-refractivity contribution in [1.82, 2.24) is 9.97 Å². The van der Waals surface area contributed by atoms with Crippen molar-refractivity contribution >= 4 is 40.1 Å². The van der Waals surface area contributed by atoms with Crippen molar-refractivity contribution < 1.29 is 5.76 Å². The molecule has 1 aromatic heterocycles. The summed E-state index contributed by atoms with van der Waals surface area (Å²) in [6.07, 6.45) is 2.63. The molecule has 0 radical (unpaired) electrons. The fraction of sp³-hybridized carbons (Fsp3) is 0.0556. The quantitative estimate of drug-likeness (QED) is 0.681. The number of aromatic nitrogens is 2. The van der Waals surface area contributed by atoms with Crippen LogP contribution in [-0.2, 0) is 0 Å². The molecule has 0 bridgehead atoms. The number of hydrogen-bond donors (Lipinski definition) is 1. The van der Waals surface area contributed by atoms with Crippen molar-refractivity contribution in [3.63, 3.8) is 0 Å². The SMILES string of the molecule is [2H]c1nc(Nc2c(C)cc(C=CC#N)cc2F)c2ccc(Cl)cc2n1. The number of nitrogens with zero attached hydrogens (tertiary/aromatic N) is 3. The lowest BCUT2D eigenvalue weighted by Gasteiger charge is -2.12. The van der Waals surface area contributed by atoms with E-state index in [1.165, 1.54) is 18.2 Å². The molecule has 0 unspecified atom stereocenters. The minimum Gasteiger partial charge on any atom is -0.337 e. The number of hydrogen-bond acceptors (Lipinski definition) is 4. The summed E-state index contributed by atoms with van der Waals surface area (Å²) < 4.78 is 22.2. The van der Waals surface area contributed by atoms with Gasteiger partial charge in [-0.15, -0.1) is 0 Å². The van der Waals surface area contributed by atoms with E-state index in [4.69, 9.17) is 18.2 Å². The topological polar surface area (TPSA) is 61.6 Å². The zero-order chi connectivity index (χ0) is 18.0. The highest BCUT2D eigenvalue weighted by molar-refractivity contribution is 6.31. The standard InChI is InChI=1S/C18H12ClFN4/c1-11-7-12(3-2-6-21)8-15(20)17(11)24-18-14-5-4-13(19)9-16(14)22-10-23-18/h2-5,7-10H,1H3,(H,22,23,24)/i10D. The normalized spacial score (nSPS) is 11.5. The van der Waals surface area contributed by atoms with Crippen LogP contribution in [0.3, 0.4) is 0 Å². The monoisotopic (exact) mass is 339 g/mol. The number of halogens is 2. The number of anilines is 2. The highest BCUT2D eigenvalue weighted by Crippen LogP contribution is 2.29. The van der Waals surface area contributed by atoms with Crippen LogP contribution in [0.25, 0.3) is 17.0 Å². The summed E-state index contributed by atoms with van der Waals surface area (Å²) in [6.45, 7) is 1.75. The number of aryl methyl sites for hydroxylation is 1. The Balaban J connectivity index is 2.08. The van der Waals surface area contributed by atoms with E-state index in [0.717, 1.165) is 0 Å². The Bertz CT molecular complexity index is 1010. The highest BCUT2D eigenvalue weighted by atomic mass is 35.5. The average molecular weight is 340 g/mol. The van der Waals surface area contributed by atoms with Gasteiger partial charge in [0.25, 0.3) is 0 Å². The Kier molecular flexibility index (Phi) is 4.05. The van der Waals surface area contributed by atoms with E-state index in [2.05, 4.69) is 15.3 Å². The van der Waals surface area contributed by atoms with Crippen molar-refractivity contribution in [1.29, 1.82) is 5.26 Å². The van der Waals surface area contributed by atoms with Crippen LogP contribution in [0.15, 0.2) is 42.7 Å². The summed E-state index contributed by atoms with van der Waals surface area (Å²) in [5, 5.41) is 12.7. The van der Waals surface area contributed by atoms with Crippen molar-refractivity contribution in [2.24, 2.45) is 0 Å². The Morgan fingerprint density at radius 3 is 2.92 bits per heavy atom. The van der Waals surface area contributed by atoms with E-state index >= 15 is 0 Å². The van der Waals surface area contributed by atoms with Gasteiger partial charge in [0.05, 0.1) is 17.3 Å². The highest BCUT2D eigenvalue weighted by Gasteiger charge is 2.11. The molecule has 0 saturated carbocycles. The van der Waals surface area contributed by atoms with E-state index < -0.39 is 5.82 Å². The van der Waals surface area contributed by atoms with Crippen LogP contribution >= 0.6 is 11.6 Å². The van der Waals surface area contributed by atoms with Gasteiger partial charge >= 0.3 is 0 Å². The molecule has 0 aliphatic heterocycles. The summed E-state index contributed by atoms with van der Waals surface area (Å²) in [5.74, 6) is -0.154. The number of nitriles is 1. The predicted molar refractivity (Wildman–Crippen MR) is 93.6 cm³/mol. The molecule has 6 heteroatoms. The van der Waals surface area contributed by atoms with E-state index in [1.54, 1.807) is 31.2 Å². The first-order valence-electron chi connectivity index (χ1n) is 7.55. The average Bonchev–Trinajstić information content (AvgIpc) is 2.55. The Morgan fingerprint density at radius 1 is 1.33 bits per heavy atom. The third-order valence-corrected chi connectivity index (χ3v) is 3.69. The maximum Gasteiger partial charge on any atom is 0.147 e. The van der Waals surface area contributed by atoms with Gasteiger partial charge < -0.3 is 5.32 Å². The molecule has 0 amide bonds. The summed E-state index contributed by atoms with van der Waals surface area (Å²) >= 11 is 5.96. The number of allylic oxidation sites excluding steroid dienone is 1. The van der Waals surface area contributed by atoms with Crippen LogP contribution in [0.2, 0.25) is 5.02 Å². The molecule has 1 N–H and O–H groups in total. The van der Waals surface area contributed by atoms with Crippen LogP contribution in [0.5, 0.6) is 0 Å². The van der Waals surface area contributed by atoms with Crippen LogP contribution in [0.1, 0.15) is 12.5 Å². The number of benzene rings is 2. The molecule has 3 rings (SSSR count). The van der Waals surface area contributed by atoms with Gasteiger partial charge in [0.1, 0.15) is 19.3 Å². The lowest BCUT2D eigenvalue weighted by molar-refractivity contribution is 0.630. The van der Waals surface area contributed by atoms with Crippen LogP contribution in [0, 0.1) is 24.1 Å². The molecule has 0 fully saturated rings. The van der Waals surface area contributed by atoms with Crippen molar-refractivity contribution in [3.8, 4) is 6.07 Å². The molecule has 1 heterocycles. The molecule has 0 aliphatic carbocycles. The minimum atomic E-state index is -0.482. The van der Waals surface area contributed by atoms with Gasteiger partial charge in [-0.25, -0.2) is 14.4 Å². The van der Waals surface area contributed by atoms with Gasteiger partial charge in [-0.05, 0) is 54.5 Å². The van der Waals surface area contributed by atoms with Gasteiger partial charge in [0.15, 0.2) is 0 Å². The summed E-state index contributed by atoms with van der Waals surface area (Å²) in [7, 11) is 0. The second kappa shape index (κ2) is 6.65. The van der Waals surface area contributed by atoms with Gasteiger partial charge in [-0.1, -0.05) is 11.6 Å². The molecule has 0 aliphatic rings. The molecular formula is C18H12ClFN4. The van der Waals surface area contributed by atoms with Gasteiger partial charge in [0, 0.05) is 16.5 Å². The lowest BCUT2D eigenvalue weighted by atomic mass is 10.1. The number of nitrogens with one attached hydrogen (secondary N) is 1. The summed E-state index contributed by atoms with van der Waals surface area (Å²) in [5.41, 5.74) is 1.98. The lowest BCUT2D eigenvalue weighted by Crippen LogP contribution is -2.01. The fourth-order valence-electron chi connectivity index (χ4n) is 2.36. The van der Waals surface area contributed by atoms with E-state index in [9.17, 15) is 4.39 Å². The maximum absolute atomic E-state index is 14.5. The third-order valence-electron chi connectivity index (χ3n) is 3.45. The molecular weight excluding hydrogens is 327 g/mol. The maximum atomic E-state index is 14.5. The first-order valence-corrected chi connectivity index (χ1v) is 7.43. The van der Waals surface area contributed by atoms with E-state index in [0.29, 0.717) is 32.9 Å². The van der Waals surface area contributed by atoms with Crippen molar-refractivity contribution in [2.75, 3.05) is 5.32 Å². The minimum absolute atomic E-state index is 0.191. The van der Waals surface area contributed by atoms with Crippen LogP contribution in [0.4, 0.5) is 15.9 Å². The first kappa shape index (κ1) is 14.6. The molecule has 24 heavy (non-hydrogen) atoms. The number of fused-ring (bicyclic) bond motifs is 1. The first-order chi connectivity index (χ1) is 12.0. The van der Waals surface area contributed by atoms with Crippen LogP contribution in [-0.4, -0.2) is 9.97 Å². The van der Waals surface area contributed by atoms with Gasteiger partial charge in [-0.3, -0.25) is 0 Å². The molecule has 0 spiro atoms. The Labute approximate surface area is 144 Å². The summed E-state index contributed by atoms with van der Waals surface area (Å²) in [4.78, 5) is 8.09. The van der Waals surface area contributed by atoms with Crippen LogP contribution < -0.4 is 5.32 Å².